The average molecular weight is 292 g/mol. The molecule has 1 aliphatic rings. The summed E-state index contributed by atoms with van der Waals surface area (Å²) in [6.45, 7) is 1.50. The number of hydrogen-bond donors (Lipinski definition) is 2. The Bertz CT molecular complexity index is 381. The van der Waals surface area contributed by atoms with Gasteiger partial charge in [-0.2, -0.15) is 0 Å². The maximum Gasteiger partial charge on any atom is 0.218 e. The number of rotatable bonds is 8. The van der Waals surface area contributed by atoms with Crippen molar-refractivity contribution in [3.05, 3.63) is 0 Å². The lowest BCUT2D eigenvalue weighted by atomic mass is 10.00. The fraction of sp³-hybridized carbons (Fsp3) is 0.917. The minimum absolute atomic E-state index is 0.0577. The van der Waals surface area contributed by atoms with Crippen molar-refractivity contribution in [2.45, 2.75) is 38.1 Å². The van der Waals surface area contributed by atoms with Crippen molar-refractivity contribution in [2.75, 3.05) is 31.2 Å². The van der Waals surface area contributed by atoms with Gasteiger partial charge in [0.25, 0.3) is 0 Å². The number of piperidine rings is 1. The summed E-state index contributed by atoms with van der Waals surface area (Å²) in [5, 5.41) is 9.01. The quantitative estimate of drug-likeness (QED) is 0.629. The number of amides is 1. The number of hydrogen-bond acceptors (Lipinski definition) is 5. The van der Waals surface area contributed by atoms with E-state index in [1.807, 2.05) is 0 Å². The lowest BCUT2D eigenvalue weighted by molar-refractivity contribution is -0.117. The van der Waals surface area contributed by atoms with E-state index in [-0.39, 0.29) is 30.6 Å². The zero-order valence-electron chi connectivity index (χ0n) is 11.3. The second kappa shape index (κ2) is 7.81. The van der Waals surface area contributed by atoms with Crippen LogP contribution in [0.25, 0.3) is 0 Å². The molecule has 0 aromatic rings. The molecule has 1 amide bonds. The lowest BCUT2D eigenvalue weighted by Gasteiger charge is -2.35. The lowest BCUT2D eigenvalue weighted by Crippen LogP contribution is -2.42. The molecule has 7 heteroatoms. The first-order chi connectivity index (χ1) is 8.94. The predicted molar refractivity (Wildman–Crippen MR) is 73.4 cm³/mol. The number of likely N-dealkylation sites (tertiary alicyclic amines) is 1. The summed E-state index contributed by atoms with van der Waals surface area (Å²) < 4.78 is 23.5. The molecule has 19 heavy (non-hydrogen) atoms. The first-order valence-corrected chi connectivity index (χ1v) is 8.60. The summed E-state index contributed by atoms with van der Waals surface area (Å²) in [6.07, 6.45) is 3.81. The summed E-state index contributed by atoms with van der Waals surface area (Å²) in [5.74, 6) is -0.692. The van der Waals surface area contributed by atoms with Crippen molar-refractivity contribution < 1.29 is 18.3 Å². The van der Waals surface area contributed by atoms with E-state index < -0.39 is 15.7 Å². The summed E-state index contributed by atoms with van der Waals surface area (Å²) in [7, 11) is -3.22. The Balaban J connectivity index is 2.42. The monoisotopic (exact) mass is 292 g/mol. The molecule has 6 nitrogen and oxygen atoms in total. The number of primary amides is 1. The molecular formula is C12H24N2O4S. The summed E-state index contributed by atoms with van der Waals surface area (Å²) in [6, 6.07) is 0.282. The van der Waals surface area contributed by atoms with Gasteiger partial charge in [-0.15, -0.1) is 0 Å². The van der Waals surface area contributed by atoms with E-state index >= 15 is 0 Å². The van der Waals surface area contributed by atoms with Gasteiger partial charge in [-0.05, 0) is 25.8 Å². The number of aliphatic hydroxyl groups is 1. The first kappa shape index (κ1) is 16.4. The Kier molecular flexibility index (Phi) is 6.74. The maximum atomic E-state index is 11.8. The standard InChI is InChI=1S/C12H24N2O4S/c13-12(16)5-9-19(17,18)10-7-14-6-2-1-3-11(14)4-8-15/h11,15H,1-10H2,(H2,13,16). The van der Waals surface area contributed by atoms with Gasteiger partial charge in [-0.1, -0.05) is 6.42 Å². The van der Waals surface area contributed by atoms with Crippen LogP contribution in [0.1, 0.15) is 32.1 Å². The third kappa shape index (κ3) is 6.35. The molecule has 0 radical (unpaired) electrons. The molecular weight excluding hydrogens is 268 g/mol. The number of aliphatic hydroxyl groups excluding tert-OH is 1. The van der Waals surface area contributed by atoms with Crippen LogP contribution in [-0.2, 0) is 14.6 Å². The van der Waals surface area contributed by atoms with Crippen LogP contribution in [0.15, 0.2) is 0 Å². The second-order valence-corrected chi connectivity index (χ2v) is 7.37. The van der Waals surface area contributed by atoms with Gasteiger partial charge in [-0.25, -0.2) is 8.42 Å². The van der Waals surface area contributed by atoms with Crippen molar-refractivity contribution in [3.63, 3.8) is 0 Å². The smallest absolute Gasteiger partial charge is 0.218 e. The van der Waals surface area contributed by atoms with Gasteiger partial charge in [0.05, 0.1) is 11.5 Å². The molecule has 112 valence electrons. The third-order valence-electron chi connectivity index (χ3n) is 3.56. The van der Waals surface area contributed by atoms with E-state index in [1.165, 1.54) is 0 Å². The molecule has 1 unspecified atom stereocenters. The highest BCUT2D eigenvalue weighted by Gasteiger charge is 2.23. The Labute approximate surface area is 114 Å². The highest BCUT2D eigenvalue weighted by Crippen LogP contribution is 2.19. The van der Waals surface area contributed by atoms with Crippen molar-refractivity contribution in [1.29, 1.82) is 0 Å². The zero-order valence-corrected chi connectivity index (χ0v) is 12.1. The van der Waals surface area contributed by atoms with E-state index in [0.717, 1.165) is 25.8 Å². The molecule has 0 aliphatic carbocycles. The molecule has 3 N–H and O–H groups in total. The molecule has 1 aliphatic heterocycles. The van der Waals surface area contributed by atoms with Crippen LogP contribution in [-0.4, -0.2) is 61.6 Å². The Morgan fingerprint density at radius 2 is 2.05 bits per heavy atom. The number of carbonyl (C=O) groups excluding carboxylic acids is 1. The summed E-state index contributed by atoms with van der Waals surface area (Å²) in [4.78, 5) is 12.7. The SMILES string of the molecule is NC(=O)CCS(=O)(=O)CCN1CCCCC1CCO. The van der Waals surface area contributed by atoms with E-state index in [0.29, 0.717) is 13.0 Å². The van der Waals surface area contributed by atoms with Crippen LogP contribution in [0.2, 0.25) is 0 Å². The minimum atomic E-state index is -3.22. The molecule has 1 rings (SSSR count). The third-order valence-corrected chi connectivity index (χ3v) is 5.19. The van der Waals surface area contributed by atoms with Crippen LogP contribution in [0.4, 0.5) is 0 Å². The topological polar surface area (TPSA) is 101 Å². The van der Waals surface area contributed by atoms with Crippen molar-refractivity contribution in [1.82, 2.24) is 4.90 Å². The number of carbonyl (C=O) groups is 1. The van der Waals surface area contributed by atoms with E-state index in [1.54, 1.807) is 0 Å². The minimum Gasteiger partial charge on any atom is -0.396 e. The van der Waals surface area contributed by atoms with Crippen LogP contribution in [0.5, 0.6) is 0 Å². The highest BCUT2D eigenvalue weighted by atomic mass is 32.2. The van der Waals surface area contributed by atoms with E-state index in [2.05, 4.69) is 4.90 Å². The van der Waals surface area contributed by atoms with Gasteiger partial charge in [-0.3, -0.25) is 9.69 Å². The van der Waals surface area contributed by atoms with Gasteiger partial charge >= 0.3 is 0 Å². The van der Waals surface area contributed by atoms with Crippen LogP contribution >= 0.6 is 0 Å². The maximum absolute atomic E-state index is 11.8. The van der Waals surface area contributed by atoms with Crippen LogP contribution < -0.4 is 5.73 Å². The molecule has 0 spiro atoms. The van der Waals surface area contributed by atoms with Gasteiger partial charge in [0.2, 0.25) is 5.91 Å². The molecule has 1 heterocycles. The predicted octanol–water partition coefficient (Wildman–Crippen LogP) is -0.486. The van der Waals surface area contributed by atoms with Crippen molar-refractivity contribution >= 4 is 15.7 Å². The van der Waals surface area contributed by atoms with Gasteiger partial charge in [0.15, 0.2) is 9.84 Å². The number of sulfone groups is 1. The van der Waals surface area contributed by atoms with Gasteiger partial charge < -0.3 is 10.8 Å². The van der Waals surface area contributed by atoms with E-state index in [9.17, 15) is 13.2 Å². The Hall–Kier alpha value is -0.660. The highest BCUT2D eigenvalue weighted by molar-refractivity contribution is 7.91. The van der Waals surface area contributed by atoms with E-state index in [4.69, 9.17) is 10.8 Å². The number of nitrogens with two attached hydrogens (primary N) is 1. The average Bonchev–Trinajstić information content (AvgIpc) is 2.36. The Morgan fingerprint density at radius 3 is 2.68 bits per heavy atom. The molecule has 0 saturated carbocycles. The number of nitrogens with zero attached hydrogens (tertiary/aromatic N) is 1. The molecule has 1 atom stereocenters. The first-order valence-electron chi connectivity index (χ1n) is 6.78. The molecule has 1 saturated heterocycles. The van der Waals surface area contributed by atoms with Crippen LogP contribution in [0, 0.1) is 0 Å². The van der Waals surface area contributed by atoms with Crippen molar-refractivity contribution in [2.24, 2.45) is 5.73 Å². The Morgan fingerprint density at radius 1 is 1.32 bits per heavy atom. The molecule has 0 aromatic heterocycles. The molecule has 0 bridgehead atoms. The normalized spacial score (nSPS) is 21.4. The van der Waals surface area contributed by atoms with Gasteiger partial charge in [0, 0.05) is 25.6 Å². The second-order valence-electron chi connectivity index (χ2n) is 5.07. The molecule has 1 fully saturated rings. The molecule has 0 aromatic carbocycles. The fourth-order valence-corrected chi connectivity index (χ4v) is 3.67. The summed E-state index contributed by atoms with van der Waals surface area (Å²) >= 11 is 0. The zero-order chi connectivity index (χ0) is 14.3. The largest absolute Gasteiger partial charge is 0.396 e. The summed E-state index contributed by atoms with van der Waals surface area (Å²) in [5.41, 5.74) is 4.96. The van der Waals surface area contributed by atoms with Crippen molar-refractivity contribution in [3.8, 4) is 0 Å². The fourth-order valence-electron chi connectivity index (χ4n) is 2.44. The van der Waals surface area contributed by atoms with Crippen LogP contribution in [0.3, 0.4) is 0 Å². The van der Waals surface area contributed by atoms with Gasteiger partial charge in [0.1, 0.15) is 0 Å².